The smallest absolute Gasteiger partial charge is 0.262 e. The molecule has 4 aromatic rings. The highest BCUT2D eigenvalue weighted by atomic mass is 16.5. The van der Waals surface area contributed by atoms with Gasteiger partial charge >= 0.3 is 0 Å². The zero-order chi connectivity index (χ0) is 20.4. The summed E-state index contributed by atoms with van der Waals surface area (Å²) >= 11 is 0. The Morgan fingerprint density at radius 2 is 1.69 bits per heavy atom. The highest BCUT2D eigenvalue weighted by molar-refractivity contribution is 6.12. The first-order chi connectivity index (χ1) is 14.1. The molecule has 2 heterocycles. The molecular weight excluding hydrogens is 366 g/mol. The molecule has 6 nitrogen and oxygen atoms in total. The van der Waals surface area contributed by atoms with E-state index in [2.05, 4.69) is 10.3 Å². The standard InChI is InChI=1S/C23H19N3O3/c1-15-6-5-9-21(24-15)25-22(27)20-14-26(16-10-12-17(29-2)13-11-16)23(28)19-8-4-3-7-18(19)20/h3-14H,1-2H3,(H,24,25,27). The van der Waals surface area contributed by atoms with Gasteiger partial charge in [-0.2, -0.15) is 0 Å². The van der Waals surface area contributed by atoms with Crippen LogP contribution in [0.5, 0.6) is 5.75 Å². The minimum absolute atomic E-state index is 0.198. The van der Waals surface area contributed by atoms with Gasteiger partial charge in [0.2, 0.25) is 0 Å². The summed E-state index contributed by atoms with van der Waals surface area (Å²) in [4.78, 5) is 30.4. The second-order valence-electron chi connectivity index (χ2n) is 6.58. The van der Waals surface area contributed by atoms with Crippen molar-refractivity contribution in [1.29, 1.82) is 0 Å². The number of hydrogen-bond donors (Lipinski definition) is 1. The van der Waals surface area contributed by atoms with Gasteiger partial charge in [-0.15, -0.1) is 0 Å². The minimum Gasteiger partial charge on any atom is -0.497 e. The van der Waals surface area contributed by atoms with Crippen LogP contribution in [0, 0.1) is 6.92 Å². The summed E-state index contributed by atoms with van der Waals surface area (Å²) in [5, 5.41) is 3.88. The molecular formula is C23H19N3O3. The summed E-state index contributed by atoms with van der Waals surface area (Å²) in [6, 6.07) is 19.6. The number of hydrogen-bond acceptors (Lipinski definition) is 4. The molecule has 1 amide bonds. The van der Waals surface area contributed by atoms with Crippen LogP contribution in [0.2, 0.25) is 0 Å². The molecule has 0 saturated carbocycles. The van der Waals surface area contributed by atoms with Crippen molar-refractivity contribution in [3.05, 3.63) is 94.5 Å². The number of ether oxygens (including phenoxy) is 1. The van der Waals surface area contributed by atoms with E-state index in [-0.39, 0.29) is 11.5 Å². The van der Waals surface area contributed by atoms with Crippen LogP contribution in [-0.4, -0.2) is 22.6 Å². The summed E-state index contributed by atoms with van der Waals surface area (Å²) in [5.41, 5.74) is 1.63. The second kappa shape index (κ2) is 7.59. The summed E-state index contributed by atoms with van der Waals surface area (Å²) in [5.74, 6) is 0.814. The van der Waals surface area contributed by atoms with Crippen LogP contribution >= 0.6 is 0 Å². The Balaban J connectivity index is 1.85. The first kappa shape index (κ1) is 18.4. The fourth-order valence-electron chi connectivity index (χ4n) is 3.20. The van der Waals surface area contributed by atoms with E-state index >= 15 is 0 Å². The molecule has 2 aromatic heterocycles. The molecule has 0 bridgehead atoms. The number of benzene rings is 2. The largest absolute Gasteiger partial charge is 0.497 e. The van der Waals surface area contributed by atoms with Crippen molar-refractivity contribution in [3.8, 4) is 11.4 Å². The molecule has 0 aliphatic rings. The highest BCUT2D eigenvalue weighted by Gasteiger charge is 2.16. The lowest BCUT2D eigenvalue weighted by molar-refractivity contribution is 0.102. The molecule has 29 heavy (non-hydrogen) atoms. The van der Waals surface area contributed by atoms with Gasteiger partial charge in [-0.05, 0) is 49.4 Å². The number of rotatable bonds is 4. The molecule has 2 aromatic carbocycles. The van der Waals surface area contributed by atoms with Crippen LogP contribution < -0.4 is 15.6 Å². The van der Waals surface area contributed by atoms with Gasteiger partial charge in [-0.1, -0.05) is 24.3 Å². The van der Waals surface area contributed by atoms with Gasteiger partial charge in [0.15, 0.2) is 0 Å². The molecule has 4 rings (SSSR count). The zero-order valence-electron chi connectivity index (χ0n) is 16.0. The molecule has 144 valence electrons. The van der Waals surface area contributed by atoms with Crippen LogP contribution in [0.1, 0.15) is 16.1 Å². The maximum Gasteiger partial charge on any atom is 0.262 e. The van der Waals surface area contributed by atoms with E-state index in [1.54, 1.807) is 67.9 Å². The van der Waals surface area contributed by atoms with Gasteiger partial charge < -0.3 is 10.1 Å². The summed E-state index contributed by atoms with van der Waals surface area (Å²) in [6.07, 6.45) is 1.57. The lowest BCUT2D eigenvalue weighted by Crippen LogP contribution is -2.23. The van der Waals surface area contributed by atoms with Crippen LogP contribution in [0.15, 0.2) is 77.7 Å². The number of amides is 1. The Kier molecular flexibility index (Phi) is 4.83. The van der Waals surface area contributed by atoms with Crippen molar-refractivity contribution >= 4 is 22.5 Å². The van der Waals surface area contributed by atoms with Gasteiger partial charge in [0.1, 0.15) is 11.6 Å². The van der Waals surface area contributed by atoms with Crippen molar-refractivity contribution < 1.29 is 9.53 Å². The molecule has 0 spiro atoms. The van der Waals surface area contributed by atoms with E-state index in [0.29, 0.717) is 33.6 Å². The quantitative estimate of drug-likeness (QED) is 0.577. The number of nitrogens with one attached hydrogen (secondary N) is 1. The maximum absolute atomic E-state index is 13.0. The number of methoxy groups -OCH3 is 1. The predicted molar refractivity (Wildman–Crippen MR) is 113 cm³/mol. The Bertz CT molecular complexity index is 1260. The normalized spacial score (nSPS) is 10.7. The van der Waals surface area contributed by atoms with Crippen LogP contribution in [0.4, 0.5) is 5.82 Å². The summed E-state index contributed by atoms with van der Waals surface area (Å²) < 4.78 is 6.66. The molecule has 0 aliphatic carbocycles. The van der Waals surface area contributed by atoms with Gasteiger partial charge in [-0.3, -0.25) is 14.2 Å². The van der Waals surface area contributed by atoms with E-state index < -0.39 is 0 Å². The lowest BCUT2D eigenvalue weighted by atomic mass is 10.1. The average Bonchev–Trinajstić information content (AvgIpc) is 2.74. The Morgan fingerprint density at radius 3 is 2.38 bits per heavy atom. The molecule has 1 N–H and O–H groups in total. The first-order valence-electron chi connectivity index (χ1n) is 9.10. The van der Waals surface area contributed by atoms with E-state index in [1.165, 1.54) is 4.57 Å². The third-order valence-corrected chi connectivity index (χ3v) is 4.65. The second-order valence-corrected chi connectivity index (χ2v) is 6.58. The van der Waals surface area contributed by atoms with Crippen LogP contribution in [0.3, 0.4) is 0 Å². The number of nitrogens with zero attached hydrogens (tertiary/aromatic N) is 2. The van der Waals surface area contributed by atoms with Crippen molar-refractivity contribution in [2.24, 2.45) is 0 Å². The van der Waals surface area contributed by atoms with Crippen LogP contribution in [-0.2, 0) is 0 Å². The van der Waals surface area contributed by atoms with E-state index in [9.17, 15) is 9.59 Å². The highest BCUT2D eigenvalue weighted by Crippen LogP contribution is 2.20. The predicted octanol–water partition coefficient (Wildman–Crippen LogP) is 3.96. The lowest BCUT2D eigenvalue weighted by Gasteiger charge is -2.13. The van der Waals surface area contributed by atoms with Gasteiger partial charge in [-0.25, -0.2) is 4.98 Å². The molecule has 0 unspecified atom stereocenters. The molecule has 0 fully saturated rings. The number of carbonyl (C=O) groups is 1. The average molecular weight is 385 g/mol. The van der Waals surface area contributed by atoms with Gasteiger partial charge in [0, 0.05) is 28.4 Å². The fourth-order valence-corrected chi connectivity index (χ4v) is 3.20. The fraction of sp³-hybridized carbons (Fsp3) is 0.0870. The van der Waals surface area contributed by atoms with Gasteiger partial charge in [0.05, 0.1) is 12.7 Å². The van der Waals surface area contributed by atoms with Gasteiger partial charge in [0.25, 0.3) is 11.5 Å². The number of anilines is 1. The molecule has 6 heteroatoms. The first-order valence-corrected chi connectivity index (χ1v) is 9.10. The number of carbonyl (C=O) groups excluding carboxylic acids is 1. The molecule has 0 aliphatic heterocycles. The molecule has 0 atom stereocenters. The van der Waals surface area contributed by atoms with Crippen LogP contribution in [0.25, 0.3) is 16.5 Å². The van der Waals surface area contributed by atoms with E-state index in [1.807, 2.05) is 19.1 Å². The Morgan fingerprint density at radius 1 is 0.966 bits per heavy atom. The molecule has 0 saturated heterocycles. The van der Waals surface area contributed by atoms with Crippen molar-refractivity contribution in [1.82, 2.24) is 9.55 Å². The zero-order valence-corrected chi connectivity index (χ0v) is 16.0. The number of pyridine rings is 2. The summed E-state index contributed by atoms with van der Waals surface area (Å²) in [7, 11) is 1.58. The minimum atomic E-state index is -0.332. The molecule has 0 radical (unpaired) electrons. The number of aryl methyl sites for hydroxylation is 1. The SMILES string of the molecule is COc1ccc(-n2cc(C(=O)Nc3cccc(C)n3)c3ccccc3c2=O)cc1. The Labute approximate surface area is 167 Å². The van der Waals surface area contributed by atoms with Crippen molar-refractivity contribution in [2.75, 3.05) is 12.4 Å². The third kappa shape index (κ3) is 3.60. The maximum atomic E-state index is 13.0. The summed E-state index contributed by atoms with van der Waals surface area (Å²) in [6.45, 7) is 1.86. The monoisotopic (exact) mass is 385 g/mol. The van der Waals surface area contributed by atoms with E-state index in [0.717, 1.165) is 5.69 Å². The number of aromatic nitrogens is 2. The Hall–Kier alpha value is -3.93. The van der Waals surface area contributed by atoms with Crippen molar-refractivity contribution in [2.45, 2.75) is 6.92 Å². The topological polar surface area (TPSA) is 73.2 Å². The van der Waals surface area contributed by atoms with E-state index in [4.69, 9.17) is 4.74 Å². The third-order valence-electron chi connectivity index (χ3n) is 4.65. The number of fused-ring (bicyclic) bond motifs is 1. The van der Waals surface area contributed by atoms with Crippen molar-refractivity contribution in [3.63, 3.8) is 0 Å².